The molecule has 0 saturated heterocycles. The Morgan fingerprint density at radius 2 is 1.59 bits per heavy atom. The summed E-state index contributed by atoms with van der Waals surface area (Å²) in [6.07, 6.45) is -3.39. The molecule has 1 heterocycles. The molecule has 6 heteroatoms. The summed E-state index contributed by atoms with van der Waals surface area (Å²) in [4.78, 5) is 12.5. The molecule has 3 aromatic rings. The van der Waals surface area contributed by atoms with Crippen molar-refractivity contribution in [2.45, 2.75) is 6.36 Å². The van der Waals surface area contributed by atoms with Crippen LogP contribution in [0.4, 0.5) is 13.2 Å². The zero-order valence-corrected chi connectivity index (χ0v) is 11.2. The fourth-order valence-electron chi connectivity index (χ4n) is 2.25. The van der Waals surface area contributed by atoms with Gasteiger partial charge in [0.15, 0.2) is 5.75 Å². The Hall–Kier alpha value is -2.76. The Balaban J connectivity index is 2.20. The molecule has 0 aliphatic carbocycles. The average molecular weight is 305 g/mol. The maximum absolute atomic E-state index is 12.5. The van der Waals surface area contributed by atoms with Crippen LogP contribution in [0.15, 0.2) is 65.6 Å². The van der Waals surface area contributed by atoms with Crippen LogP contribution < -0.4 is 10.3 Å². The maximum atomic E-state index is 12.5. The molecule has 0 saturated carbocycles. The summed E-state index contributed by atoms with van der Waals surface area (Å²) < 4.78 is 42.6. The third kappa shape index (κ3) is 2.67. The van der Waals surface area contributed by atoms with Crippen molar-refractivity contribution in [1.82, 2.24) is 4.57 Å². The molecule has 0 spiro atoms. The highest BCUT2D eigenvalue weighted by atomic mass is 19.4. The SMILES string of the molecule is O=c1c2ccccc2ccn1-c1ccccc1OC(F)(F)F. The highest BCUT2D eigenvalue weighted by Crippen LogP contribution is 2.28. The number of alkyl halides is 3. The highest BCUT2D eigenvalue weighted by Gasteiger charge is 2.32. The summed E-state index contributed by atoms with van der Waals surface area (Å²) in [7, 11) is 0. The van der Waals surface area contributed by atoms with Gasteiger partial charge < -0.3 is 4.74 Å². The van der Waals surface area contributed by atoms with Gasteiger partial charge in [-0.1, -0.05) is 30.3 Å². The van der Waals surface area contributed by atoms with E-state index < -0.39 is 17.7 Å². The quantitative estimate of drug-likeness (QED) is 0.719. The van der Waals surface area contributed by atoms with Crippen molar-refractivity contribution >= 4 is 10.8 Å². The molecule has 0 aliphatic heterocycles. The summed E-state index contributed by atoms with van der Waals surface area (Å²) in [5.74, 6) is -0.424. The number of para-hydroxylation sites is 2. The van der Waals surface area contributed by atoms with Crippen LogP contribution in [-0.2, 0) is 0 Å². The molecule has 112 valence electrons. The van der Waals surface area contributed by atoms with Crippen LogP contribution in [0.1, 0.15) is 0 Å². The number of ether oxygens (including phenoxy) is 1. The van der Waals surface area contributed by atoms with Gasteiger partial charge in [-0.15, -0.1) is 13.2 Å². The van der Waals surface area contributed by atoms with E-state index in [2.05, 4.69) is 4.74 Å². The normalized spacial score (nSPS) is 11.6. The molecule has 22 heavy (non-hydrogen) atoms. The minimum Gasteiger partial charge on any atom is -0.404 e. The van der Waals surface area contributed by atoms with Gasteiger partial charge >= 0.3 is 6.36 Å². The number of fused-ring (bicyclic) bond motifs is 1. The van der Waals surface area contributed by atoms with Crippen LogP contribution in [0.5, 0.6) is 5.75 Å². The van der Waals surface area contributed by atoms with E-state index in [9.17, 15) is 18.0 Å². The first-order chi connectivity index (χ1) is 10.5. The van der Waals surface area contributed by atoms with Crippen LogP contribution in [0.2, 0.25) is 0 Å². The van der Waals surface area contributed by atoms with E-state index in [4.69, 9.17) is 0 Å². The van der Waals surface area contributed by atoms with Crippen molar-refractivity contribution in [2.75, 3.05) is 0 Å². The summed E-state index contributed by atoms with van der Waals surface area (Å²) >= 11 is 0. The van der Waals surface area contributed by atoms with Gasteiger partial charge in [-0.05, 0) is 29.7 Å². The predicted molar refractivity (Wildman–Crippen MR) is 76.2 cm³/mol. The minimum atomic E-state index is -4.82. The Labute approximate surface area is 123 Å². The minimum absolute atomic E-state index is 0.0376. The fourth-order valence-corrected chi connectivity index (χ4v) is 2.25. The lowest BCUT2D eigenvalue weighted by molar-refractivity contribution is -0.274. The van der Waals surface area contributed by atoms with Gasteiger partial charge in [-0.25, -0.2) is 0 Å². The predicted octanol–water partition coefficient (Wildman–Crippen LogP) is 3.89. The van der Waals surface area contributed by atoms with Gasteiger partial charge in [-0.3, -0.25) is 9.36 Å². The van der Waals surface area contributed by atoms with Gasteiger partial charge in [0.1, 0.15) is 0 Å². The lowest BCUT2D eigenvalue weighted by Gasteiger charge is -2.14. The Kier molecular flexibility index (Phi) is 3.36. The zero-order valence-electron chi connectivity index (χ0n) is 11.2. The summed E-state index contributed by atoms with van der Waals surface area (Å²) in [6, 6.07) is 14.1. The standard InChI is InChI=1S/C16H10F3NO2/c17-16(18,19)22-14-8-4-3-7-13(14)20-10-9-11-5-1-2-6-12(11)15(20)21/h1-10H. The van der Waals surface area contributed by atoms with Crippen LogP contribution in [-0.4, -0.2) is 10.9 Å². The summed E-state index contributed by atoms with van der Waals surface area (Å²) in [5, 5.41) is 1.14. The monoisotopic (exact) mass is 305 g/mol. The third-order valence-electron chi connectivity index (χ3n) is 3.16. The van der Waals surface area contributed by atoms with E-state index in [1.54, 1.807) is 36.4 Å². The first-order valence-electron chi connectivity index (χ1n) is 6.41. The van der Waals surface area contributed by atoms with E-state index in [0.29, 0.717) is 5.39 Å². The second-order valence-electron chi connectivity index (χ2n) is 4.59. The average Bonchev–Trinajstić information content (AvgIpc) is 2.47. The van der Waals surface area contributed by atoms with Crippen molar-refractivity contribution in [2.24, 2.45) is 0 Å². The molecule has 1 aromatic heterocycles. The second-order valence-corrected chi connectivity index (χ2v) is 4.59. The highest BCUT2D eigenvalue weighted by molar-refractivity contribution is 5.81. The molecule has 3 rings (SSSR count). The van der Waals surface area contributed by atoms with Gasteiger partial charge in [0.2, 0.25) is 0 Å². The van der Waals surface area contributed by atoms with E-state index in [1.165, 1.54) is 24.4 Å². The Bertz CT molecular complexity index is 884. The number of benzene rings is 2. The topological polar surface area (TPSA) is 31.2 Å². The van der Waals surface area contributed by atoms with E-state index in [-0.39, 0.29) is 5.69 Å². The molecule has 0 fully saturated rings. The third-order valence-corrected chi connectivity index (χ3v) is 3.16. The molecular formula is C16H10F3NO2. The second kappa shape index (κ2) is 5.22. The zero-order chi connectivity index (χ0) is 15.7. The molecule has 0 radical (unpaired) electrons. The Morgan fingerprint density at radius 3 is 2.36 bits per heavy atom. The first kappa shape index (κ1) is 14.2. The van der Waals surface area contributed by atoms with Crippen LogP contribution in [0.3, 0.4) is 0 Å². The van der Waals surface area contributed by atoms with E-state index in [1.807, 2.05) is 0 Å². The molecule has 0 atom stereocenters. The van der Waals surface area contributed by atoms with Gasteiger partial charge in [0.05, 0.1) is 5.69 Å². The largest absolute Gasteiger partial charge is 0.573 e. The molecule has 3 nitrogen and oxygen atoms in total. The van der Waals surface area contributed by atoms with Crippen LogP contribution in [0, 0.1) is 0 Å². The van der Waals surface area contributed by atoms with E-state index >= 15 is 0 Å². The summed E-state index contributed by atoms with van der Waals surface area (Å²) in [5.41, 5.74) is -0.369. The fraction of sp³-hybridized carbons (Fsp3) is 0.0625. The molecular weight excluding hydrogens is 295 g/mol. The number of rotatable bonds is 2. The van der Waals surface area contributed by atoms with E-state index in [0.717, 1.165) is 9.95 Å². The van der Waals surface area contributed by atoms with Crippen LogP contribution >= 0.6 is 0 Å². The first-order valence-corrected chi connectivity index (χ1v) is 6.41. The van der Waals surface area contributed by atoms with Crippen molar-refractivity contribution in [3.05, 3.63) is 71.1 Å². The molecule has 0 bridgehead atoms. The van der Waals surface area contributed by atoms with Crippen LogP contribution in [0.25, 0.3) is 16.5 Å². The molecule has 0 aliphatic rings. The van der Waals surface area contributed by atoms with Crippen molar-refractivity contribution in [3.63, 3.8) is 0 Å². The molecule has 0 N–H and O–H groups in total. The Morgan fingerprint density at radius 1 is 0.909 bits per heavy atom. The molecule has 2 aromatic carbocycles. The van der Waals surface area contributed by atoms with Crippen molar-refractivity contribution in [1.29, 1.82) is 0 Å². The molecule has 0 amide bonds. The number of nitrogens with zero attached hydrogens (tertiary/aromatic N) is 1. The lowest BCUT2D eigenvalue weighted by atomic mass is 10.1. The number of pyridine rings is 1. The van der Waals surface area contributed by atoms with Gasteiger partial charge in [0.25, 0.3) is 5.56 Å². The summed E-state index contributed by atoms with van der Waals surface area (Å²) in [6.45, 7) is 0. The van der Waals surface area contributed by atoms with Gasteiger partial charge in [0, 0.05) is 11.6 Å². The smallest absolute Gasteiger partial charge is 0.404 e. The molecule has 0 unspecified atom stereocenters. The maximum Gasteiger partial charge on any atom is 0.573 e. The number of hydrogen-bond donors (Lipinski definition) is 0. The number of halogens is 3. The van der Waals surface area contributed by atoms with Crippen molar-refractivity contribution < 1.29 is 17.9 Å². The number of hydrogen-bond acceptors (Lipinski definition) is 2. The van der Waals surface area contributed by atoms with Gasteiger partial charge in [-0.2, -0.15) is 0 Å². The lowest BCUT2D eigenvalue weighted by Crippen LogP contribution is -2.22. The van der Waals surface area contributed by atoms with Crippen molar-refractivity contribution in [3.8, 4) is 11.4 Å². The number of aromatic nitrogens is 1.